The maximum Gasteiger partial charge on any atom is 0.251 e. The van der Waals surface area contributed by atoms with Crippen LogP contribution in [0, 0.1) is 11.3 Å². The van der Waals surface area contributed by atoms with Crippen molar-refractivity contribution in [3.05, 3.63) is 125 Å². The number of hydrogen-bond acceptors (Lipinski definition) is 6. The highest BCUT2D eigenvalue weighted by Crippen LogP contribution is 2.45. The Labute approximate surface area is 240 Å². The molecule has 1 fully saturated rings. The van der Waals surface area contributed by atoms with Gasteiger partial charge in [-0.05, 0) is 91.6 Å². The van der Waals surface area contributed by atoms with Gasteiger partial charge in [-0.2, -0.15) is 9.57 Å². The van der Waals surface area contributed by atoms with Crippen LogP contribution >= 0.6 is 0 Å². The Balaban J connectivity index is 1.34. The van der Waals surface area contributed by atoms with Gasteiger partial charge < -0.3 is 10.1 Å². The van der Waals surface area contributed by atoms with E-state index in [2.05, 4.69) is 16.4 Å². The summed E-state index contributed by atoms with van der Waals surface area (Å²) >= 11 is 0. The molecule has 1 amide bonds. The first-order valence-corrected chi connectivity index (χ1v) is 14.8. The van der Waals surface area contributed by atoms with E-state index in [9.17, 15) is 18.5 Å². The zero-order valence-electron chi connectivity index (χ0n) is 22.7. The molecule has 1 saturated carbocycles. The second-order valence-electron chi connectivity index (χ2n) is 9.92. The number of sulfonamides is 1. The maximum atomic E-state index is 13.7. The summed E-state index contributed by atoms with van der Waals surface area (Å²) in [6.07, 6.45) is 3.24. The molecule has 1 heterocycles. The van der Waals surface area contributed by atoms with Crippen molar-refractivity contribution in [3.8, 4) is 11.8 Å². The number of pyridine rings is 1. The lowest BCUT2D eigenvalue weighted by Gasteiger charge is -2.22. The number of nitriles is 1. The van der Waals surface area contributed by atoms with Crippen molar-refractivity contribution in [2.45, 2.75) is 43.3 Å². The fourth-order valence-electron chi connectivity index (χ4n) is 4.67. The maximum absolute atomic E-state index is 13.7. The van der Waals surface area contributed by atoms with Gasteiger partial charge in [0.2, 0.25) is 10.0 Å². The average molecular weight is 567 g/mol. The van der Waals surface area contributed by atoms with E-state index in [1.54, 1.807) is 72.9 Å². The number of rotatable bonds is 11. The Morgan fingerprint density at radius 1 is 1.00 bits per heavy atom. The van der Waals surface area contributed by atoms with E-state index in [4.69, 9.17) is 4.74 Å². The lowest BCUT2D eigenvalue weighted by molar-refractivity contribution is 0.0930. The van der Waals surface area contributed by atoms with E-state index >= 15 is 0 Å². The average Bonchev–Trinajstić information content (AvgIpc) is 3.78. The van der Waals surface area contributed by atoms with Crippen LogP contribution in [0.5, 0.6) is 5.75 Å². The second-order valence-corrected chi connectivity index (χ2v) is 11.9. The van der Waals surface area contributed by atoms with E-state index in [-0.39, 0.29) is 23.9 Å². The molecule has 208 valence electrons. The third kappa shape index (κ3) is 6.46. The second kappa shape index (κ2) is 11.9. The van der Waals surface area contributed by atoms with Crippen LogP contribution in [0.3, 0.4) is 0 Å². The van der Waals surface area contributed by atoms with Crippen LogP contribution in [0.2, 0.25) is 0 Å². The number of nitrogens with zero attached hydrogens (tertiary/aromatic N) is 3. The molecular formula is C32H30N4O4S. The minimum absolute atomic E-state index is 0.0862. The van der Waals surface area contributed by atoms with Gasteiger partial charge in [0, 0.05) is 18.3 Å². The molecule has 4 aromatic rings. The molecule has 1 aromatic heterocycles. The summed E-state index contributed by atoms with van der Waals surface area (Å²) in [5.41, 5.74) is 2.84. The molecule has 8 nitrogen and oxygen atoms in total. The summed E-state index contributed by atoms with van der Waals surface area (Å²) in [5, 5.41) is 12.4. The number of carbonyl (C=O) groups excluding carboxylic acids is 1. The molecule has 1 aliphatic carbocycles. The number of amides is 1. The predicted octanol–water partition coefficient (Wildman–Crippen LogP) is 5.16. The number of hydrogen-bond donors (Lipinski definition) is 1. The smallest absolute Gasteiger partial charge is 0.251 e. The minimum atomic E-state index is -3.87. The summed E-state index contributed by atoms with van der Waals surface area (Å²) in [6.45, 7) is 2.54. The van der Waals surface area contributed by atoms with E-state index in [0.29, 0.717) is 29.2 Å². The van der Waals surface area contributed by atoms with Crippen molar-refractivity contribution < 1.29 is 17.9 Å². The zero-order chi connectivity index (χ0) is 28.9. The third-order valence-corrected chi connectivity index (χ3v) is 8.87. The molecule has 0 atom stereocenters. The highest BCUT2D eigenvalue weighted by molar-refractivity contribution is 7.89. The summed E-state index contributed by atoms with van der Waals surface area (Å²) < 4.78 is 34.2. The first-order valence-electron chi connectivity index (χ1n) is 13.4. The minimum Gasteiger partial charge on any atom is -0.494 e. The molecule has 0 bridgehead atoms. The lowest BCUT2D eigenvalue weighted by atomic mass is 10.0. The molecule has 0 aliphatic heterocycles. The fourth-order valence-corrected chi connectivity index (χ4v) is 6.07. The highest BCUT2D eigenvalue weighted by atomic mass is 32.2. The van der Waals surface area contributed by atoms with Crippen LogP contribution in [0.4, 0.5) is 0 Å². The number of nitrogens with one attached hydrogen (secondary N) is 1. The Kier molecular flexibility index (Phi) is 8.15. The van der Waals surface area contributed by atoms with E-state index in [1.807, 2.05) is 31.2 Å². The van der Waals surface area contributed by atoms with E-state index in [1.165, 1.54) is 4.31 Å². The van der Waals surface area contributed by atoms with Crippen LogP contribution in [0.1, 0.15) is 52.5 Å². The van der Waals surface area contributed by atoms with Crippen molar-refractivity contribution in [1.29, 1.82) is 5.26 Å². The largest absolute Gasteiger partial charge is 0.494 e. The number of ether oxygens (including phenoxy) is 1. The fraction of sp³-hybridized carbons (Fsp3) is 0.219. The van der Waals surface area contributed by atoms with Gasteiger partial charge in [0.25, 0.3) is 5.91 Å². The Morgan fingerprint density at radius 2 is 1.76 bits per heavy atom. The Bertz CT molecular complexity index is 1660. The van der Waals surface area contributed by atoms with Gasteiger partial charge in [0.1, 0.15) is 5.75 Å². The van der Waals surface area contributed by atoms with Crippen LogP contribution < -0.4 is 10.1 Å². The van der Waals surface area contributed by atoms with Crippen molar-refractivity contribution in [2.75, 3.05) is 6.61 Å². The molecule has 0 spiro atoms. The Hall–Kier alpha value is -4.52. The standard InChI is InChI=1S/C32H30N4O4S/c1-2-40-29-13-15-30(16-14-29)41(38,39)36(23-28-8-3-4-19-34-28)22-24-9-11-26(12-10-24)31(37)35-32(17-18-32)27-7-5-6-25(20-27)21-33/h3-16,19-20H,2,17-18,22-23H2,1H3,(H,35,37). The molecule has 1 N–H and O–H groups in total. The van der Waals surface area contributed by atoms with Gasteiger partial charge in [0.15, 0.2) is 0 Å². The van der Waals surface area contributed by atoms with Gasteiger partial charge in [-0.3, -0.25) is 9.78 Å². The van der Waals surface area contributed by atoms with Gasteiger partial charge in [-0.25, -0.2) is 8.42 Å². The quantitative estimate of drug-likeness (QED) is 0.268. The van der Waals surface area contributed by atoms with Crippen molar-refractivity contribution in [1.82, 2.24) is 14.6 Å². The predicted molar refractivity (Wildman–Crippen MR) is 154 cm³/mol. The van der Waals surface area contributed by atoms with Crippen LogP contribution in [0.25, 0.3) is 0 Å². The van der Waals surface area contributed by atoms with Gasteiger partial charge in [-0.1, -0.05) is 30.3 Å². The topological polar surface area (TPSA) is 112 Å². The summed E-state index contributed by atoms with van der Waals surface area (Å²) in [7, 11) is -3.87. The summed E-state index contributed by atoms with van der Waals surface area (Å²) in [6, 6.07) is 28.2. The molecule has 9 heteroatoms. The molecule has 3 aromatic carbocycles. The molecule has 1 aliphatic rings. The van der Waals surface area contributed by atoms with Crippen molar-refractivity contribution >= 4 is 15.9 Å². The van der Waals surface area contributed by atoms with E-state index < -0.39 is 15.6 Å². The van der Waals surface area contributed by atoms with Crippen LogP contribution in [-0.2, 0) is 28.7 Å². The van der Waals surface area contributed by atoms with E-state index in [0.717, 1.165) is 24.0 Å². The van der Waals surface area contributed by atoms with Crippen molar-refractivity contribution in [3.63, 3.8) is 0 Å². The normalized spacial score (nSPS) is 13.8. The monoisotopic (exact) mass is 566 g/mol. The molecule has 0 radical (unpaired) electrons. The van der Waals surface area contributed by atoms with Crippen molar-refractivity contribution in [2.24, 2.45) is 0 Å². The molecule has 5 rings (SSSR count). The lowest BCUT2D eigenvalue weighted by Crippen LogP contribution is -2.35. The van der Waals surface area contributed by atoms with Gasteiger partial charge in [0.05, 0.1) is 40.9 Å². The Morgan fingerprint density at radius 3 is 2.39 bits per heavy atom. The molecule has 0 saturated heterocycles. The molecule has 0 unspecified atom stereocenters. The summed E-state index contributed by atoms with van der Waals surface area (Å²) in [4.78, 5) is 17.6. The SMILES string of the molecule is CCOc1ccc(S(=O)(=O)N(Cc2ccc(C(=O)NC3(c4cccc(C#N)c4)CC3)cc2)Cc2ccccn2)cc1. The number of aromatic nitrogens is 1. The van der Waals surface area contributed by atoms with Gasteiger partial charge >= 0.3 is 0 Å². The summed E-state index contributed by atoms with van der Waals surface area (Å²) in [5.74, 6) is 0.381. The van der Waals surface area contributed by atoms with Crippen LogP contribution in [-0.4, -0.2) is 30.2 Å². The zero-order valence-corrected chi connectivity index (χ0v) is 23.5. The molecular weight excluding hydrogens is 536 g/mol. The highest BCUT2D eigenvalue weighted by Gasteiger charge is 2.45. The number of carbonyl (C=O) groups is 1. The third-order valence-electron chi connectivity index (χ3n) is 7.06. The first-order chi connectivity index (χ1) is 19.8. The first kappa shape index (κ1) is 28.0. The molecule has 41 heavy (non-hydrogen) atoms. The number of benzene rings is 3. The van der Waals surface area contributed by atoms with Gasteiger partial charge in [-0.15, -0.1) is 0 Å². The van der Waals surface area contributed by atoms with Crippen LogP contribution in [0.15, 0.2) is 102 Å².